The van der Waals surface area contributed by atoms with E-state index < -0.39 is 18.0 Å². The molecule has 1 atom stereocenters. The van der Waals surface area contributed by atoms with Crippen molar-refractivity contribution in [1.29, 1.82) is 0 Å². The molecule has 0 aliphatic heterocycles. The fourth-order valence-electron chi connectivity index (χ4n) is 1.36. The third-order valence-corrected chi connectivity index (χ3v) is 3.18. The number of halogens is 1. The smallest absolute Gasteiger partial charge is 0.326 e. The molecule has 0 aliphatic carbocycles. The lowest BCUT2D eigenvalue weighted by molar-refractivity contribution is -0.139. The molecule has 0 aromatic heterocycles. The lowest BCUT2D eigenvalue weighted by atomic mass is 10.2. The van der Waals surface area contributed by atoms with Crippen LogP contribution in [0.4, 0.5) is 4.79 Å². The summed E-state index contributed by atoms with van der Waals surface area (Å²) in [6, 6.07) is 6.15. The van der Waals surface area contributed by atoms with Crippen molar-refractivity contribution in [1.82, 2.24) is 10.6 Å². The number of carboxylic acids is 1. The summed E-state index contributed by atoms with van der Waals surface area (Å²) < 4.78 is 0.899. The van der Waals surface area contributed by atoms with Gasteiger partial charge in [0.05, 0.1) is 0 Å². The number of carbonyl (C=O) groups is 2. The van der Waals surface area contributed by atoms with E-state index in [-0.39, 0.29) is 0 Å². The van der Waals surface area contributed by atoms with Crippen LogP contribution in [0.1, 0.15) is 18.9 Å². The Labute approximate surface area is 114 Å². The van der Waals surface area contributed by atoms with Gasteiger partial charge in [-0.3, -0.25) is 0 Å². The molecule has 1 aromatic carbocycles. The van der Waals surface area contributed by atoms with E-state index in [0.717, 1.165) is 10.0 Å². The SMILES string of the molecule is CC[C@@H](NC(=O)NCc1ccccc1Br)C(=O)O. The first kappa shape index (κ1) is 14.5. The van der Waals surface area contributed by atoms with E-state index in [2.05, 4.69) is 26.6 Å². The van der Waals surface area contributed by atoms with Crippen molar-refractivity contribution in [2.24, 2.45) is 0 Å². The topological polar surface area (TPSA) is 78.4 Å². The van der Waals surface area contributed by atoms with Gasteiger partial charge in [0, 0.05) is 11.0 Å². The second kappa shape index (κ2) is 7.00. The van der Waals surface area contributed by atoms with Crippen LogP contribution in [0.5, 0.6) is 0 Å². The van der Waals surface area contributed by atoms with Gasteiger partial charge in [0.25, 0.3) is 0 Å². The van der Waals surface area contributed by atoms with Crippen LogP contribution in [0.25, 0.3) is 0 Å². The molecule has 0 heterocycles. The first-order chi connectivity index (χ1) is 8.54. The number of rotatable bonds is 5. The molecule has 0 unspecified atom stereocenters. The van der Waals surface area contributed by atoms with Crippen LogP contribution in [-0.2, 0) is 11.3 Å². The number of hydrogen-bond donors (Lipinski definition) is 3. The molecule has 3 N–H and O–H groups in total. The van der Waals surface area contributed by atoms with Gasteiger partial charge in [-0.25, -0.2) is 9.59 Å². The fraction of sp³-hybridized carbons (Fsp3) is 0.333. The molecule has 2 amide bonds. The summed E-state index contributed by atoms with van der Waals surface area (Å²) in [6.07, 6.45) is 0.345. The number of aliphatic carboxylic acids is 1. The first-order valence-corrected chi connectivity index (χ1v) is 6.34. The van der Waals surface area contributed by atoms with E-state index in [1.807, 2.05) is 24.3 Å². The number of carboxylic acid groups (broad SMARTS) is 1. The van der Waals surface area contributed by atoms with E-state index in [0.29, 0.717) is 13.0 Å². The molecule has 0 fully saturated rings. The Morgan fingerprint density at radius 3 is 2.61 bits per heavy atom. The van der Waals surface area contributed by atoms with Gasteiger partial charge in [0.15, 0.2) is 0 Å². The van der Waals surface area contributed by atoms with Crippen molar-refractivity contribution in [3.63, 3.8) is 0 Å². The fourth-order valence-corrected chi connectivity index (χ4v) is 1.79. The van der Waals surface area contributed by atoms with Gasteiger partial charge in [-0.15, -0.1) is 0 Å². The quantitative estimate of drug-likeness (QED) is 0.779. The number of nitrogens with one attached hydrogen (secondary N) is 2. The van der Waals surface area contributed by atoms with Crippen molar-refractivity contribution in [2.45, 2.75) is 25.9 Å². The van der Waals surface area contributed by atoms with Crippen LogP contribution in [0.2, 0.25) is 0 Å². The van der Waals surface area contributed by atoms with Crippen LogP contribution in [0, 0.1) is 0 Å². The highest BCUT2D eigenvalue weighted by Gasteiger charge is 2.17. The molecular weight excluding hydrogens is 300 g/mol. The molecule has 0 saturated heterocycles. The Bertz CT molecular complexity index is 437. The van der Waals surface area contributed by atoms with Gasteiger partial charge in [-0.2, -0.15) is 0 Å². The predicted octanol–water partition coefficient (Wildman–Crippen LogP) is 2.11. The number of benzene rings is 1. The number of urea groups is 1. The minimum atomic E-state index is -1.03. The summed E-state index contributed by atoms with van der Waals surface area (Å²) in [4.78, 5) is 22.2. The number of carbonyl (C=O) groups excluding carboxylic acids is 1. The van der Waals surface area contributed by atoms with Crippen LogP contribution in [0.15, 0.2) is 28.7 Å². The summed E-state index contributed by atoms with van der Waals surface area (Å²) >= 11 is 3.37. The Morgan fingerprint density at radius 2 is 2.06 bits per heavy atom. The molecule has 1 rings (SSSR count). The maximum Gasteiger partial charge on any atom is 0.326 e. The van der Waals surface area contributed by atoms with Crippen LogP contribution in [-0.4, -0.2) is 23.1 Å². The van der Waals surface area contributed by atoms with Gasteiger partial charge in [-0.1, -0.05) is 41.1 Å². The van der Waals surface area contributed by atoms with Gasteiger partial charge < -0.3 is 15.7 Å². The highest BCUT2D eigenvalue weighted by molar-refractivity contribution is 9.10. The molecule has 0 bridgehead atoms. The Morgan fingerprint density at radius 1 is 1.39 bits per heavy atom. The summed E-state index contributed by atoms with van der Waals surface area (Å²) in [5.41, 5.74) is 0.927. The minimum Gasteiger partial charge on any atom is -0.480 e. The van der Waals surface area contributed by atoms with Crippen molar-refractivity contribution in [3.8, 4) is 0 Å². The molecular formula is C12H15BrN2O3. The third kappa shape index (κ3) is 4.37. The monoisotopic (exact) mass is 314 g/mol. The van der Waals surface area contributed by atoms with Gasteiger partial charge in [0.2, 0.25) is 0 Å². The zero-order chi connectivity index (χ0) is 13.5. The number of amides is 2. The van der Waals surface area contributed by atoms with E-state index in [1.165, 1.54) is 0 Å². The predicted molar refractivity (Wildman–Crippen MR) is 71.2 cm³/mol. The van der Waals surface area contributed by atoms with Gasteiger partial charge in [0.1, 0.15) is 6.04 Å². The molecule has 18 heavy (non-hydrogen) atoms. The highest BCUT2D eigenvalue weighted by atomic mass is 79.9. The highest BCUT2D eigenvalue weighted by Crippen LogP contribution is 2.15. The Kier molecular flexibility index (Phi) is 5.64. The molecule has 0 aliphatic rings. The molecule has 0 spiro atoms. The molecule has 5 nitrogen and oxygen atoms in total. The van der Waals surface area contributed by atoms with E-state index in [4.69, 9.17) is 5.11 Å². The minimum absolute atomic E-state index is 0.337. The molecule has 1 aromatic rings. The second-order valence-corrected chi connectivity index (χ2v) is 4.57. The summed E-state index contributed by atoms with van der Waals surface area (Å²) in [7, 11) is 0. The molecule has 98 valence electrons. The molecule has 0 radical (unpaired) electrons. The lowest BCUT2D eigenvalue weighted by Gasteiger charge is -2.13. The summed E-state index contributed by atoms with van der Waals surface area (Å²) in [6.45, 7) is 2.04. The van der Waals surface area contributed by atoms with Crippen LogP contribution in [0.3, 0.4) is 0 Å². The second-order valence-electron chi connectivity index (χ2n) is 3.72. The maximum absolute atomic E-state index is 11.5. The molecule has 0 saturated carbocycles. The van der Waals surface area contributed by atoms with E-state index in [9.17, 15) is 9.59 Å². The van der Waals surface area contributed by atoms with Crippen molar-refractivity contribution < 1.29 is 14.7 Å². The largest absolute Gasteiger partial charge is 0.480 e. The van der Waals surface area contributed by atoms with E-state index >= 15 is 0 Å². The average molecular weight is 315 g/mol. The Balaban J connectivity index is 2.47. The normalized spacial score (nSPS) is 11.7. The average Bonchev–Trinajstić information content (AvgIpc) is 2.34. The van der Waals surface area contributed by atoms with Gasteiger partial charge in [-0.05, 0) is 18.1 Å². The van der Waals surface area contributed by atoms with Crippen molar-refractivity contribution in [3.05, 3.63) is 34.3 Å². The Hall–Kier alpha value is -1.56. The van der Waals surface area contributed by atoms with Crippen LogP contribution >= 0.6 is 15.9 Å². The third-order valence-electron chi connectivity index (χ3n) is 2.41. The zero-order valence-corrected chi connectivity index (χ0v) is 11.5. The lowest BCUT2D eigenvalue weighted by Crippen LogP contribution is -2.45. The van der Waals surface area contributed by atoms with Crippen molar-refractivity contribution in [2.75, 3.05) is 0 Å². The number of hydrogen-bond acceptors (Lipinski definition) is 2. The van der Waals surface area contributed by atoms with E-state index in [1.54, 1.807) is 6.92 Å². The first-order valence-electron chi connectivity index (χ1n) is 5.55. The van der Waals surface area contributed by atoms with Crippen molar-refractivity contribution >= 4 is 27.9 Å². The summed E-state index contributed by atoms with van der Waals surface area (Å²) in [5, 5.41) is 13.8. The molecule has 6 heteroatoms. The summed E-state index contributed by atoms with van der Waals surface area (Å²) in [5.74, 6) is -1.03. The maximum atomic E-state index is 11.5. The van der Waals surface area contributed by atoms with Crippen LogP contribution < -0.4 is 10.6 Å². The van der Waals surface area contributed by atoms with Gasteiger partial charge >= 0.3 is 12.0 Å². The zero-order valence-electron chi connectivity index (χ0n) is 9.94. The standard InChI is InChI=1S/C12H15BrN2O3/c1-2-10(11(16)17)15-12(18)14-7-8-5-3-4-6-9(8)13/h3-6,10H,2,7H2,1H3,(H,16,17)(H2,14,15,18)/t10-/m1/s1.